The van der Waals surface area contributed by atoms with E-state index in [1.807, 2.05) is 29.8 Å². The molecule has 0 saturated carbocycles. The van der Waals surface area contributed by atoms with Crippen LogP contribution < -0.4 is 5.76 Å². The fourth-order valence-electron chi connectivity index (χ4n) is 1.92. The fraction of sp³-hybridized carbons (Fsp3) is 0.154. The second kappa shape index (κ2) is 4.51. The molecule has 6 heteroatoms. The zero-order valence-corrected chi connectivity index (χ0v) is 10.9. The van der Waals surface area contributed by atoms with Crippen LogP contribution in [0.2, 0.25) is 5.15 Å². The van der Waals surface area contributed by atoms with Gasteiger partial charge in [-0.3, -0.25) is 0 Å². The summed E-state index contributed by atoms with van der Waals surface area (Å²) in [7, 11) is 0. The molecule has 1 aromatic rings. The summed E-state index contributed by atoms with van der Waals surface area (Å²) < 4.78 is 6.92. The van der Waals surface area contributed by atoms with Crippen LogP contribution in [0.5, 0.6) is 0 Å². The summed E-state index contributed by atoms with van der Waals surface area (Å²) in [6.45, 7) is 2.42. The molecule has 0 unspecified atom stereocenters. The van der Waals surface area contributed by atoms with Gasteiger partial charge < -0.3 is 8.98 Å². The molecular formula is C13H10ClN3O2. The number of hydrogen-bond donors (Lipinski definition) is 0. The molecule has 0 spiro atoms. The maximum Gasteiger partial charge on any atom is 0.441 e. The third-order valence-corrected chi connectivity index (χ3v) is 3.09. The lowest BCUT2D eigenvalue weighted by molar-refractivity contribution is 0.526. The molecule has 0 aromatic carbocycles. The van der Waals surface area contributed by atoms with E-state index < -0.39 is 5.76 Å². The van der Waals surface area contributed by atoms with E-state index in [9.17, 15) is 4.79 Å². The minimum Gasteiger partial charge on any atom is -0.404 e. The van der Waals surface area contributed by atoms with Crippen LogP contribution in [0.3, 0.4) is 0 Å². The molecule has 0 aliphatic carbocycles. The highest BCUT2D eigenvalue weighted by Gasteiger charge is 2.16. The Balaban J connectivity index is 2.04. The van der Waals surface area contributed by atoms with Crippen LogP contribution in [0.15, 0.2) is 39.8 Å². The number of pyridine rings is 2. The number of fused-ring (bicyclic) bond motifs is 1. The lowest BCUT2D eigenvalue weighted by atomic mass is 10.2. The van der Waals surface area contributed by atoms with E-state index in [2.05, 4.69) is 9.97 Å². The Morgan fingerprint density at radius 1 is 1.37 bits per heavy atom. The smallest absolute Gasteiger partial charge is 0.404 e. The molecular weight excluding hydrogens is 266 g/mol. The van der Waals surface area contributed by atoms with Gasteiger partial charge in [0.15, 0.2) is 11.6 Å². The van der Waals surface area contributed by atoms with Gasteiger partial charge in [-0.05, 0) is 30.2 Å². The highest BCUT2D eigenvalue weighted by molar-refractivity contribution is 6.29. The predicted octanol–water partition coefficient (Wildman–Crippen LogP) is 2.35. The third-order valence-electron chi connectivity index (χ3n) is 2.87. The number of rotatable bonds is 2. The molecule has 3 heterocycles. The molecule has 3 rings (SSSR count). The van der Waals surface area contributed by atoms with E-state index in [0.717, 1.165) is 11.1 Å². The van der Waals surface area contributed by atoms with Gasteiger partial charge in [0.1, 0.15) is 5.15 Å². The van der Waals surface area contributed by atoms with Crippen molar-refractivity contribution in [2.24, 2.45) is 0 Å². The second-order valence-electron chi connectivity index (χ2n) is 4.25. The van der Waals surface area contributed by atoms with Crippen molar-refractivity contribution in [2.75, 3.05) is 0 Å². The quantitative estimate of drug-likeness (QED) is 0.674. The van der Waals surface area contributed by atoms with E-state index in [0.29, 0.717) is 23.3 Å². The van der Waals surface area contributed by atoms with Gasteiger partial charge in [-0.2, -0.15) is 4.98 Å². The van der Waals surface area contributed by atoms with E-state index >= 15 is 0 Å². The van der Waals surface area contributed by atoms with Crippen LogP contribution in [-0.4, -0.2) is 14.5 Å². The Kier molecular flexibility index (Phi) is 2.83. The van der Waals surface area contributed by atoms with Crippen molar-refractivity contribution in [3.05, 3.63) is 57.4 Å². The van der Waals surface area contributed by atoms with E-state index in [1.54, 1.807) is 12.3 Å². The Labute approximate surface area is 113 Å². The molecule has 0 bridgehead atoms. The van der Waals surface area contributed by atoms with Gasteiger partial charge >= 0.3 is 5.76 Å². The minimum atomic E-state index is -0.577. The fourth-order valence-corrected chi connectivity index (χ4v) is 2.03. The summed E-state index contributed by atoms with van der Waals surface area (Å²) in [6, 6.07) is 5.49. The Hall–Kier alpha value is -2.14. The van der Waals surface area contributed by atoms with Gasteiger partial charge in [-0.25, -0.2) is 9.78 Å². The molecule has 2 aliphatic heterocycles. The highest BCUT2D eigenvalue weighted by atomic mass is 35.5. The molecule has 0 saturated heterocycles. The molecule has 96 valence electrons. The molecule has 0 radical (unpaired) electrons. The molecule has 0 atom stereocenters. The van der Waals surface area contributed by atoms with Crippen LogP contribution in [0, 0.1) is 6.92 Å². The van der Waals surface area contributed by atoms with Crippen molar-refractivity contribution >= 4 is 11.6 Å². The first kappa shape index (κ1) is 11.9. The Morgan fingerprint density at radius 3 is 2.95 bits per heavy atom. The number of halogens is 1. The number of aryl methyl sites for hydroxylation is 1. The van der Waals surface area contributed by atoms with E-state index in [1.165, 1.54) is 0 Å². The van der Waals surface area contributed by atoms with Crippen LogP contribution in [0.25, 0.3) is 11.6 Å². The van der Waals surface area contributed by atoms with Crippen molar-refractivity contribution in [2.45, 2.75) is 13.5 Å². The Bertz CT molecular complexity index is 746. The van der Waals surface area contributed by atoms with Crippen molar-refractivity contribution in [3.8, 4) is 11.6 Å². The average molecular weight is 276 g/mol. The summed E-state index contributed by atoms with van der Waals surface area (Å²) in [5.74, 6) is 0.488. The van der Waals surface area contributed by atoms with Crippen LogP contribution in [-0.2, 0) is 6.54 Å². The number of oxazole rings is 1. The van der Waals surface area contributed by atoms with Crippen LogP contribution in [0.4, 0.5) is 0 Å². The molecule has 2 aliphatic rings. The Morgan fingerprint density at radius 2 is 2.21 bits per heavy atom. The van der Waals surface area contributed by atoms with Gasteiger partial charge in [-0.1, -0.05) is 17.7 Å². The summed E-state index contributed by atoms with van der Waals surface area (Å²) in [4.78, 5) is 19.2. The summed E-state index contributed by atoms with van der Waals surface area (Å²) >= 11 is 5.75. The topological polar surface area (TPSA) is 60.9 Å². The normalized spacial score (nSPS) is 11.1. The van der Waals surface area contributed by atoms with Gasteiger partial charge in [0.25, 0.3) is 0 Å². The average Bonchev–Trinajstić information content (AvgIpc) is 2.78. The van der Waals surface area contributed by atoms with Crippen molar-refractivity contribution < 1.29 is 4.42 Å². The largest absolute Gasteiger partial charge is 0.441 e. The molecule has 0 amide bonds. The number of hydrogen-bond acceptors (Lipinski definition) is 4. The number of nitrogens with zero attached hydrogens (tertiary/aromatic N) is 3. The second-order valence-corrected chi connectivity index (χ2v) is 4.64. The van der Waals surface area contributed by atoms with Crippen molar-refractivity contribution in [3.63, 3.8) is 0 Å². The summed E-state index contributed by atoms with van der Waals surface area (Å²) in [5, 5.41) is 0.450. The SMILES string of the molecule is Cc1ccn(Cc2ccc(Cl)nc2)c2nc(=O)oc1-2. The maximum absolute atomic E-state index is 11.3. The molecule has 5 nitrogen and oxygen atoms in total. The van der Waals surface area contributed by atoms with Gasteiger partial charge in [0.2, 0.25) is 0 Å². The predicted molar refractivity (Wildman–Crippen MR) is 70.5 cm³/mol. The highest BCUT2D eigenvalue weighted by Crippen LogP contribution is 2.22. The lowest BCUT2D eigenvalue weighted by Gasteiger charge is -2.11. The molecule has 0 fully saturated rings. The van der Waals surface area contributed by atoms with Crippen molar-refractivity contribution in [1.29, 1.82) is 0 Å². The molecule has 1 aromatic heterocycles. The minimum absolute atomic E-state index is 0.450. The van der Waals surface area contributed by atoms with Crippen LogP contribution >= 0.6 is 11.6 Å². The zero-order chi connectivity index (χ0) is 13.4. The zero-order valence-electron chi connectivity index (χ0n) is 10.1. The summed E-state index contributed by atoms with van der Waals surface area (Å²) in [5.41, 5.74) is 1.85. The van der Waals surface area contributed by atoms with Gasteiger partial charge in [-0.15, -0.1) is 0 Å². The standard InChI is InChI=1S/C13H10ClN3O2/c1-8-4-5-17(12-11(8)19-13(18)16-12)7-9-2-3-10(14)15-6-9/h2-6H,7H2,1H3. The third kappa shape index (κ3) is 2.24. The van der Waals surface area contributed by atoms with Gasteiger partial charge in [0.05, 0.1) is 6.54 Å². The van der Waals surface area contributed by atoms with E-state index in [-0.39, 0.29) is 0 Å². The number of aromatic nitrogens is 3. The maximum atomic E-state index is 11.3. The first-order valence-electron chi connectivity index (χ1n) is 5.70. The first-order valence-corrected chi connectivity index (χ1v) is 6.08. The summed E-state index contributed by atoms with van der Waals surface area (Å²) in [6.07, 6.45) is 3.56. The molecule has 19 heavy (non-hydrogen) atoms. The lowest BCUT2D eigenvalue weighted by Crippen LogP contribution is -2.07. The van der Waals surface area contributed by atoms with Gasteiger partial charge in [0, 0.05) is 12.4 Å². The van der Waals surface area contributed by atoms with Crippen molar-refractivity contribution in [1.82, 2.24) is 14.5 Å². The molecule has 0 N–H and O–H groups in total. The first-order chi connectivity index (χ1) is 9.13. The van der Waals surface area contributed by atoms with Crippen LogP contribution in [0.1, 0.15) is 11.1 Å². The van der Waals surface area contributed by atoms with E-state index in [4.69, 9.17) is 16.0 Å². The monoisotopic (exact) mass is 275 g/mol.